The Bertz CT molecular complexity index is 596. The van der Waals surface area contributed by atoms with Crippen LogP contribution in [0.5, 0.6) is 0 Å². The molecule has 0 aliphatic carbocycles. The van der Waals surface area contributed by atoms with E-state index in [1.165, 1.54) is 18.2 Å². The molecule has 0 radical (unpaired) electrons. The van der Waals surface area contributed by atoms with E-state index >= 15 is 0 Å². The SMILES string of the molecule is O=C(O)c1ccc2ccc(C(F)(F)F)nc2n1. The molecule has 2 aromatic heterocycles. The number of nitrogens with zero attached hydrogens (tertiary/aromatic N) is 2. The van der Waals surface area contributed by atoms with Crippen LogP contribution in [0, 0.1) is 0 Å². The monoisotopic (exact) mass is 242 g/mol. The molecule has 0 atom stereocenters. The molecular formula is C10H5F3N2O2. The second-order valence-corrected chi connectivity index (χ2v) is 3.24. The summed E-state index contributed by atoms with van der Waals surface area (Å²) in [5.74, 6) is -1.31. The molecular weight excluding hydrogens is 237 g/mol. The van der Waals surface area contributed by atoms with E-state index in [9.17, 15) is 18.0 Å². The molecule has 7 heteroatoms. The van der Waals surface area contributed by atoms with E-state index < -0.39 is 17.8 Å². The molecule has 0 aromatic carbocycles. The van der Waals surface area contributed by atoms with Crippen LogP contribution in [-0.4, -0.2) is 21.0 Å². The van der Waals surface area contributed by atoms with Crippen LogP contribution in [0.15, 0.2) is 24.3 Å². The summed E-state index contributed by atoms with van der Waals surface area (Å²) in [6.07, 6.45) is -4.57. The second kappa shape index (κ2) is 3.69. The number of aromatic carboxylic acids is 1. The number of carbonyl (C=O) groups is 1. The smallest absolute Gasteiger partial charge is 0.433 e. The summed E-state index contributed by atoms with van der Waals surface area (Å²) in [5.41, 5.74) is -1.68. The van der Waals surface area contributed by atoms with Crippen molar-refractivity contribution in [1.29, 1.82) is 0 Å². The van der Waals surface area contributed by atoms with Crippen molar-refractivity contribution in [3.63, 3.8) is 0 Å². The zero-order valence-corrected chi connectivity index (χ0v) is 8.19. The minimum absolute atomic E-state index is 0.236. The molecule has 0 fully saturated rings. The Morgan fingerprint density at radius 2 is 1.76 bits per heavy atom. The van der Waals surface area contributed by atoms with Crippen LogP contribution in [0.4, 0.5) is 13.2 Å². The van der Waals surface area contributed by atoms with Crippen molar-refractivity contribution >= 4 is 17.0 Å². The molecule has 17 heavy (non-hydrogen) atoms. The predicted octanol–water partition coefficient (Wildman–Crippen LogP) is 2.35. The number of hydrogen-bond donors (Lipinski definition) is 1. The van der Waals surface area contributed by atoms with Gasteiger partial charge in [-0.2, -0.15) is 13.2 Å². The lowest BCUT2D eigenvalue weighted by molar-refractivity contribution is -0.141. The van der Waals surface area contributed by atoms with Crippen molar-refractivity contribution in [2.75, 3.05) is 0 Å². The quantitative estimate of drug-likeness (QED) is 0.833. The fraction of sp³-hybridized carbons (Fsp3) is 0.100. The van der Waals surface area contributed by atoms with Gasteiger partial charge in [-0.3, -0.25) is 0 Å². The van der Waals surface area contributed by atoms with Crippen LogP contribution < -0.4 is 0 Å². The fourth-order valence-electron chi connectivity index (χ4n) is 1.28. The predicted molar refractivity (Wildman–Crippen MR) is 51.5 cm³/mol. The highest BCUT2D eigenvalue weighted by Crippen LogP contribution is 2.28. The highest BCUT2D eigenvalue weighted by atomic mass is 19.4. The lowest BCUT2D eigenvalue weighted by Gasteiger charge is -2.06. The Morgan fingerprint density at radius 1 is 1.12 bits per heavy atom. The summed E-state index contributed by atoms with van der Waals surface area (Å²) < 4.78 is 37.1. The van der Waals surface area contributed by atoms with Crippen molar-refractivity contribution in [2.45, 2.75) is 6.18 Å². The van der Waals surface area contributed by atoms with Crippen molar-refractivity contribution < 1.29 is 23.1 Å². The molecule has 0 amide bonds. The highest BCUT2D eigenvalue weighted by molar-refractivity contribution is 5.88. The fourth-order valence-corrected chi connectivity index (χ4v) is 1.28. The van der Waals surface area contributed by atoms with Gasteiger partial charge in [-0.05, 0) is 24.3 Å². The number of carboxylic acid groups (broad SMARTS) is 1. The first kappa shape index (κ1) is 11.3. The molecule has 1 N–H and O–H groups in total. The lowest BCUT2D eigenvalue weighted by Crippen LogP contribution is -2.08. The van der Waals surface area contributed by atoms with Gasteiger partial charge in [0.15, 0.2) is 11.3 Å². The van der Waals surface area contributed by atoms with Gasteiger partial charge < -0.3 is 5.11 Å². The van der Waals surface area contributed by atoms with Crippen LogP contribution in [0.1, 0.15) is 16.2 Å². The molecule has 88 valence electrons. The second-order valence-electron chi connectivity index (χ2n) is 3.24. The van der Waals surface area contributed by atoms with Crippen molar-refractivity contribution in [3.05, 3.63) is 35.7 Å². The number of pyridine rings is 2. The van der Waals surface area contributed by atoms with Gasteiger partial charge in [0, 0.05) is 5.39 Å². The van der Waals surface area contributed by atoms with Gasteiger partial charge in [0.05, 0.1) is 0 Å². The topological polar surface area (TPSA) is 63.1 Å². The van der Waals surface area contributed by atoms with Crippen LogP contribution in [0.3, 0.4) is 0 Å². The minimum Gasteiger partial charge on any atom is -0.477 e. The maximum Gasteiger partial charge on any atom is 0.433 e. The first-order valence-corrected chi connectivity index (χ1v) is 4.46. The third-order valence-corrected chi connectivity index (χ3v) is 2.06. The number of alkyl halides is 3. The van der Waals surface area contributed by atoms with Crippen molar-refractivity contribution in [2.24, 2.45) is 0 Å². The third-order valence-electron chi connectivity index (χ3n) is 2.06. The highest BCUT2D eigenvalue weighted by Gasteiger charge is 2.32. The molecule has 0 unspecified atom stereocenters. The van der Waals surface area contributed by atoms with E-state index in [0.29, 0.717) is 5.39 Å². The lowest BCUT2D eigenvalue weighted by atomic mass is 10.2. The van der Waals surface area contributed by atoms with Crippen LogP contribution in [0.25, 0.3) is 11.0 Å². The van der Waals surface area contributed by atoms with Crippen LogP contribution >= 0.6 is 0 Å². The molecule has 4 nitrogen and oxygen atoms in total. The molecule has 0 saturated heterocycles. The van der Waals surface area contributed by atoms with E-state index in [0.717, 1.165) is 6.07 Å². The van der Waals surface area contributed by atoms with E-state index in [1.54, 1.807) is 0 Å². The summed E-state index contributed by atoms with van der Waals surface area (Å²) in [7, 11) is 0. The van der Waals surface area contributed by atoms with Gasteiger partial charge in [-0.15, -0.1) is 0 Å². The molecule has 0 bridgehead atoms. The van der Waals surface area contributed by atoms with Crippen LogP contribution in [-0.2, 0) is 6.18 Å². The first-order valence-electron chi connectivity index (χ1n) is 4.46. The van der Waals surface area contributed by atoms with E-state index in [-0.39, 0.29) is 11.3 Å². The molecule has 0 spiro atoms. The Labute approximate surface area is 92.7 Å². The third kappa shape index (κ3) is 2.17. The van der Waals surface area contributed by atoms with Gasteiger partial charge in [-0.25, -0.2) is 14.8 Å². The summed E-state index contributed by atoms with van der Waals surface area (Å²) in [4.78, 5) is 17.4. The van der Waals surface area contributed by atoms with Crippen molar-refractivity contribution in [1.82, 2.24) is 9.97 Å². The van der Waals surface area contributed by atoms with E-state index in [4.69, 9.17) is 5.11 Å². The average Bonchev–Trinajstić information content (AvgIpc) is 2.26. The minimum atomic E-state index is -4.57. The molecule has 2 aromatic rings. The average molecular weight is 242 g/mol. The number of carboxylic acids is 1. The Hall–Kier alpha value is -2.18. The largest absolute Gasteiger partial charge is 0.477 e. The summed E-state index contributed by atoms with van der Waals surface area (Å²) >= 11 is 0. The number of halogens is 3. The molecule has 0 saturated carbocycles. The standard InChI is InChI=1S/C10H5F3N2O2/c11-10(12,13)7-4-2-5-1-3-6(9(16)17)14-8(5)15-7/h1-4H,(H,16,17). The number of fused-ring (bicyclic) bond motifs is 1. The van der Waals surface area contributed by atoms with Crippen LogP contribution in [0.2, 0.25) is 0 Å². The zero-order valence-electron chi connectivity index (χ0n) is 8.19. The first-order chi connectivity index (χ1) is 7.88. The molecule has 0 aliphatic heterocycles. The normalized spacial score (nSPS) is 11.7. The number of aromatic nitrogens is 2. The maximum absolute atomic E-state index is 12.4. The maximum atomic E-state index is 12.4. The van der Waals surface area contributed by atoms with Gasteiger partial charge in [0.25, 0.3) is 0 Å². The molecule has 2 rings (SSSR count). The van der Waals surface area contributed by atoms with Gasteiger partial charge in [0.1, 0.15) is 5.69 Å². The summed E-state index contributed by atoms with van der Waals surface area (Å²) in [6.45, 7) is 0. The number of rotatable bonds is 1. The van der Waals surface area contributed by atoms with E-state index in [2.05, 4.69) is 9.97 Å². The Kier molecular flexibility index (Phi) is 2.45. The Balaban J connectivity index is 2.62. The van der Waals surface area contributed by atoms with E-state index in [1.807, 2.05) is 0 Å². The van der Waals surface area contributed by atoms with Gasteiger partial charge in [-0.1, -0.05) is 0 Å². The van der Waals surface area contributed by atoms with Gasteiger partial charge in [0.2, 0.25) is 0 Å². The Morgan fingerprint density at radius 3 is 2.35 bits per heavy atom. The molecule has 2 heterocycles. The van der Waals surface area contributed by atoms with Crippen molar-refractivity contribution in [3.8, 4) is 0 Å². The summed E-state index contributed by atoms with van der Waals surface area (Å²) in [5, 5.41) is 9.01. The number of hydrogen-bond acceptors (Lipinski definition) is 3. The van der Waals surface area contributed by atoms with Gasteiger partial charge >= 0.3 is 12.1 Å². The molecule has 0 aliphatic rings. The zero-order chi connectivity index (χ0) is 12.6. The summed E-state index contributed by atoms with van der Waals surface area (Å²) in [6, 6.07) is 4.59.